The lowest BCUT2D eigenvalue weighted by Gasteiger charge is -2.38. The van der Waals surface area contributed by atoms with E-state index in [0.717, 1.165) is 17.7 Å². The van der Waals surface area contributed by atoms with Gasteiger partial charge in [0, 0.05) is 31.6 Å². The molecule has 0 radical (unpaired) electrons. The Hall–Kier alpha value is -2.17. The molecule has 2 heterocycles. The number of amides is 1. The summed E-state index contributed by atoms with van der Waals surface area (Å²) in [7, 11) is 1.80. The number of carbonyl (C=O) groups is 1. The summed E-state index contributed by atoms with van der Waals surface area (Å²) < 4.78 is 13.3. The van der Waals surface area contributed by atoms with Crippen LogP contribution in [-0.4, -0.2) is 42.0 Å². The van der Waals surface area contributed by atoms with Crippen LogP contribution in [0.3, 0.4) is 0 Å². The minimum Gasteiger partial charge on any atom is -0.343 e. The van der Waals surface area contributed by atoms with Crippen LogP contribution in [-0.2, 0) is 4.79 Å². The number of nitrogens with zero attached hydrogens (tertiary/aromatic N) is 3. The van der Waals surface area contributed by atoms with E-state index in [0.29, 0.717) is 12.1 Å². The van der Waals surface area contributed by atoms with E-state index < -0.39 is 0 Å². The number of piperazine rings is 1. The van der Waals surface area contributed by atoms with Gasteiger partial charge in [-0.2, -0.15) is 0 Å². The van der Waals surface area contributed by atoms with Crippen molar-refractivity contribution in [3.63, 3.8) is 0 Å². The minimum absolute atomic E-state index is 0.0809. The molecule has 5 heteroatoms. The Labute approximate surface area is 116 Å². The van der Waals surface area contributed by atoms with Crippen LogP contribution in [0.1, 0.15) is 6.92 Å². The molecule has 1 aliphatic heterocycles. The highest BCUT2D eigenvalue weighted by Gasteiger charge is 2.30. The normalized spacial score (nSPS) is 19.8. The number of halogens is 1. The summed E-state index contributed by atoms with van der Waals surface area (Å²) in [6.07, 6.45) is 0. The van der Waals surface area contributed by atoms with Crippen LogP contribution in [0.4, 0.5) is 10.2 Å². The van der Waals surface area contributed by atoms with E-state index in [1.54, 1.807) is 18.0 Å². The maximum atomic E-state index is 13.3. The molecule has 1 fully saturated rings. The van der Waals surface area contributed by atoms with Crippen molar-refractivity contribution in [1.82, 2.24) is 9.88 Å². The highest BCUT2D eigenvalue weighted by molar-refractivity contribution is 5.87. The average molecular weight is 273 g/mol. The largest absolute Gasteiger partial charge is 0.343 e. The average Bonchev–Trinajstić information content (AvgIpc) is 2.44. The van der Waals surface area contributed by atoms with E-state index in [4.69, 9.17) is 0 Å². The zero-order chi connectivity index (χ0) is 14.3. The Kier molecular flexibility index (Phi) is 3.04. The Morgan fingerprint density at radius 3 is 2.80 bits per heavy atom. The van der Waals surface area contributed by atoms with Crippen LogP contribution >= 0.6 is 0 Å². The number of benzene rings is 1. The summed E-state index contributed by atoms with van der Waals surface area (Å²) in [4.78, 5) is 20.2. The second-order valence-electron chi connectivity index (χ2n) is 5.14. The van der Waals surface area contributed by atoms with E-state index in [1.165, 1.54) is 12.1 Å². The molecule has 1 aromatic carbocycles. The van der Waals surface area contributed by atoms with Gasteiger partial charge in [0.15, 0.2) is 0 Å². The maximum Gasteiger partial charge on any atom is 0.244 e. The molecule has 0 bridgehead atoms. The lowest BCUT2D eigenvalue weighted by molar-refractivity contribution is -0.132. The van der Waals surface area contributed by atoms with Gasteiger partial charge in [-0.05, 0) is 31.2 Å². The fourth-order valence-electron chi connectivity index (χ4n) is 2.57. The fourth-order valence-corrected chi connectivity index (χ4v) is 2.57. The van der Waals surface area contributed by atoms with Gasteiger partial charge in [-0.3, -0.25) is 4.79 Å². The second kappa shape index (κ2) is 4.74. The van der Waals surface area contributed by atoms with Gasteiger partial charge in [-0.1, -0.05) is 0 Å². The molecule has 0 aliphatic carbocycles. The van der Waals surface area contributed by atoms with Gasteiger partial charge >= 0.3 is 0 Å². The lowest BCUT2D eigenvalue weighted by Crippen LogP contribution is -2.54. The molecule has 2 aromatic rings. The topological polar surface area (TPSA) is 36.4 Å². The first-order valence-electron chi connectivity index (χ1n) is 6.64. The molecule has 3 rings (SSSR count). The number of pyridine rings is 1. The predicted octanol–water partition coefficient (Wildman–Crippen LogP) is 2.04. The first-order chi connectivity index (χ1) is 9.56. The van der Waals surface area contributed by atoms with Gasteiger partial charge in [0.25, 0.3) is 0 Å². The van der Waals surface area contributed by atoms with Gasteiger partial charge in [0.2, 0.25) is 5.91 Å². The van der Waals surface area contributed by atoms with Crippen molar-refractivity contribution in [2.45, 2.75) is 13.0 Å². The van der Waals surface area contributed by atoms with Crippen molar-refractivity contribution in [3.05, 3.63) is 36.1 Å². The van der Waals surface area contributed by atoms with Crippen molar-refractivity contribution in [1.29, 1.82) is 0 Å². The Morgan fingerprint density at radius 2 is 2.00 bits per heavy atom. The number of hydrogen-bond donors (Lipinski definition) is 0. The summed E-state index contributed by atoms with van der Waals surface area (Å²) in [5.74, 6) is 0.499. The molecule has 1 aromatic heterocycles. The first-order valence-corrected chi connectivity index (χ1v) is 6.64. The minimum atomic E-state index is -0.301. The van der Waals surface area contributed by atoms with Crippen molar-refractivity contribution in [3.8, 4) is 0 Å². The third-order valence-electron chi connectivity index (χ3n) is 3.81. The monoisotopic (exact) mass is 273 g/mol. The van der Waals surface area contributed by atoms with Crippen LogP contribution in [0.15, 0.2) is 30.3 Å². The quantitative estimate of drug-likeness (QED) is 0.798. The number of hydrogen-bond acceptors (Lipinski definition) is 3. The molecule has 1 aliphatic rings. The smallest absolute Gasteiger partial charge is 0.244 e. The number of likely N-dealkylation sites (N-methyl/N-ethyl adjacent to an activating group) is 1. The van der Waals surface area contributed by atoms with Crippen LogP contribution in [0.25, 0.3) is 10.9 Å². The number of fused-ring (bicyclic) bond motifs is 1. The highest BCUT2D eigenvalue weighted by atomic mass is 19.1. The third-order valence-corrected chi connectivity index (χ3v) is 3.81. The number of anilines is 1. The molecule has 20 heavy (non-hydrogen) atoms. The Bertz CT molecular complexity index is 673. The fraction of sp³-hybridized carbons (Fsp3) is 0.333. The molecule has 1 saturated heterocycles. The van der Waals surface area contributed by atoms with Gasteiger partial charge < -0.3 is 9.80 Å². The van der Waals surface area contributed by atoms with Crippen LogP contribution < -0.4 is 4.90 Å². The SMILES string of the molecule is C[C@H]1C(=O)N(C)CCN1c1ccc2ccc(F)cc2n1. The zero-order valence-corrected chi connectivity index (χ0v) is 11.5. The molecule has 0 N–H and O–H groups in total. The highest BCUT2D eigenvalue weighted by Crippen LogP contribution is 2.22. The molecule has 0 saturated carbocycles. The summed E-state index contributed by atoms with van der Waals surface area (Å²) in [5, 5.41) is 0.892. The first kappa shape index (κ1) is 12.8. The van der Waals surface area contributed by atoms with E-state index in [1.807, 2.05) is 24.0 Å². The van der Waals surface area contributed by atoms with Gasteiger partial charge in [0.05, 0.1) is 5.52 Å². The maximum absolute atomic E-state index is 13.3. The molecule has 104 valence electrons. The Morgan fingerprint density at radius 1 is 1.25 bits per heavy atom. The van der Waals surface area contributed by atoms with Crippen molar-refractivity contribution in [2.75, 3.05) is 25.0 Å². The van der Waals surface area contributed by atoms with Gasteiger partial charge in [-0.15, -0.1) is 0 Å². The summed E-state index contributed by atoms with van der Waals surface area (Å²) >= 11 is 0. The molecule has 4 nitrogen and oxygen atoms in total. The van der Waals surface area contributed by atoms with E-state index >= 15 is 0 Å². The number of aromatic nitrogens is 1. The summed E-state index contributed by atoms with van der Waals surface area (Å²) in [5.41, 5.74) is 0.612. The van der Waals surface area contributed by atoms with Gasteiger partial charge in [0.1, 0.15) is 17.7 Å². The molecule has 1 amide bonds. The van der Waals surface area contributed by atoms with Crippen LogP contribution in [0.2, 0.25) is 0 Å². The summed E-state index contributed by atoms with van der Waals surface area (Å²) in [6.45, 7) is 3.28. The van der Waals surface area contributed by atoms with E-state index in [9.17, 15) is 9.18 Å². The standard InChI is InChI=1S/C15H16FN3O/c1-10-15(20)18(2)7-8-19(10)14-6-4-11-3-5-12(16)9-13(11)17-14/h3-6,9-10H,7-8H2,1-2H3/t10-/m0/s1. The van der Waals surface area contributed by atoms with Crippen molar-refractivity contribution < 1.29 is 9.18 Å². The van der Waals surface area contributed by atoms with E-state index in [-0.39, 0.29) is 17.8 Å². The zero-order valence-electron chi connectivity index (χ0n) is 11.5. The van der Waals surface area contributed by atoms with Crippen molar-refractivity contribution in [2.24, 2.45) is 0 Å². The van der Waals surface area contributed by atoms with E-state index in [2.05, 4.69) is 4.98 Å². The lowest BCUT2D eigenvalue weighted by atomic mass is 10.1. The van der Waals surface area contributed by atoms with Crippen molar-refractivity contribution >= 4 is 22.6 Å². The molecule has 0 unspecified atom stereocenters. The number of rotatable bonds is 1. The molecule has 0 spiro atoms. The number of carbonyl (C=O) groups excluding carboxylic acids is 1. The third kappa shape index (κ3) is 2.09. The molecular formula is C15H16FN3O. The predicted molar refractivity (Wildman–Crippen MR) is 76.1 cm³/mol. The summed E-state index contributed by atoms with van der Waals surface area (Å²) in [6, 6.07) is 8.10. The molecule has 1 atom stereocenters. The van der Waals surface area contributed by atoms with Crippen LogP contribution in [0, 0.1) is 5.82 Å². The van der Waals surface area contributed by atoms with Gasteiger partial charge in [-0.25, -0.2) is 9.37 Å². The Balaban J connectivity index is 1.99. The molecular weight excluding hydrogens is 257 g/mol. The van der Waals surface area contributed by atoms with Crippen LogP contribution in [0.5, 0.6) is 0 Å². The second-order valence-corrected chi connectivity index (χ2v) is 5.14.